The van der Waals surface area contributed by atoms with E-state index >= 15 is 0 Å². The highest BCUT2D eigenvalue weighted by Crippen LogP contribution is 2.39. The number of hydrogen-bond acceptors (Lipinski definition) is 1. The first-order valence-corrected chi connectivity index (χ1v) is 8.23. The van der Waals surface area contributed by atoms with E-state index in [-0.39, 0.29) is 5.78 Å². The van der Waals surface area contributed by atoms with E-state index in [4.69, 9.17) is 0 Å². The average molecular weight is 310 g/mol. The summed E-state index contributed by atoms with van der Waals surface area (Å²) in [6.45, 7) is 2.10. The van der Waals surface area contributed by atoms with Gasteiger partial charge in [0.15, 0.2) is 5.78 Å². The zero-order valence-corrected chi connectivity index (χ0v) is 13.6. The fourth-order valence-corrected chi connectivity index (χ4v) is 3.50. The number of ketones is 1. The lowest BCUT2D eigenvalue weighted by atomic mass is 9.88. The molecule has 116 valence electrons. The molecule has 1 aliphatic rings. The van der Waals surface area contributed by atoms with E-state index in [1.165, 1.54) is 5.56 Å². The van der Waals surface area contributed by atoms with E-state index in [0.29, 0.717) is 6.42 Å². The van der Waals surface area contributed by atoms with Gasteiger partial charge in [-0.3, -0.25) is 4.79 Å². The van der Waals surface area contributed by atoms with Crippen molar-refractivity contribution >= 4 is 16.9 Å². The SMILES string of the molecule is Cc1ccccc1/C(=C1\C(=O)Cc2ccccc21)c1ccccc1. The summed E-state index contributed by atoms with van der Waals surface area (Å²) in [5.41, 5.74) is 7.50. The summed E-state index contributed by atoms with van der Waals surface area (Å²) in [6.07, 6.45) is 0.494. The second-order valence-electron chi connectivity index (χ2n) is 6.19. The highest BCUT2D eigenvalue weighted by molar-refractivity contribution is 6.33. The number of carbonyl (C=O) groups is 1. The number of carbonyl (C=O) groups excluding carboxylic acids is 1. The van der Waals surface area contributed by atoms with Crippen LogP contribution < -0.4 is 0 Å². The summed E-state index contributed by atoms with van der Waals surface area (Å²) in [6, 6.07) is 26.7. The Morgan fingerprint density at radius 2 is 1.46 bits per heavy atom. The van der Waals surface area contributed by atoms with E-state index in [9.17, 15) is 4.79 Å². The molecule has 0 bridgehead atoms. The molecule has 3 aromatic rings. The first kappa shape index (κ1) is 14.6. The Balaban J connectivity index is 2.08. The Morgan fingerprint density at radius 3 is 2.25 bits per heavy atom. The number of hydrogen-bond donors (Lipinski definition) is 0. The molecular formula is C23H18O. The van der Waals surface area contributed by atoms with Crippen LogP contribution in [0.2, 0.25) is 0 Å². The molecule has 4 rings (SSSR count). The van der Waals surface area contributed by atoms with Gasteiger partial charge in [-0.1, -0.05) is 78.9 Å². The highest BCUT2D eigenvalue weighted by atomic mass is 16.1. The third-order valence-electron chi connectivity index (χ3n) is 4.64. The molecule has 1 heteroatoms. The molecule has 3 aromatic carbocycles. The molecule has 0 amide bonds. The zero-order valence-electron chi connectivity index (χ0n) is 13.6. The molecule has 0 N–H and O–H groups in total. The summed E-state index contributed by atoms with van der Waals surface area (Å²) < 4.78 is 0. The molecule has 0 saturated carbocycles. The second kappa shape index (κ2) is 5.93. The van der Waals surface area contributed by atoms with Crippen molar-refractivity contribution in [2.75, 3.05) is 0 Å². The molecule has 0 fully saturated rings. The van der Waals surface area contributed by atoms with Crippen LogP contribution in [0.3, 0.4) is 0 Å². The van der Waals surface area contributed by atoms with Gasteiger partial charge in [-0.25, -0.2) is 0 Å². The van der Waals surface area contributed by atoms with Crippen molar-refractivity contribution in [2.24, 2.45) is 0 Å². The van der Waals surface area contributed by atoms with Crippen molar-refractivity contribution in [1.29, 1.82) is 0 Å². The van der Waals surface area contributed by atoms with Gasteiger partial charge in [0, 0.05) is 17.6 Å². The van der Waals surface area contributed by atoms with Gasteiger partial charge in [0.05, 0.1) is 0 Å². The van der Waals surface area contributed by atoms with E-state index in [1.807, 2.05) is 42.5 Å². The van der Waals surface area contributed by atoms with Crippen LogP contribution in [0.15, 0.2) is 78.9 Å². The maximum atomic E-state index is 12.9. The Labute approximate surface area is 142 Å². The van der Waals surface area contributed by atoms with Crippen LogP contribution >= 0.6 is 0 Å². The molecule has 1 nitrogen and oxygen atoms in total. The zero-order chi connectivity index (χ0) is 16.5. The lowest BCUT2D eigenvalue weighted by molar-refractivity contribution is -0.112. The highest BCUT2D eigenvalue weighted by Gasteiger charge is 2.28. The molecule has 0 radical (unpaired) electrons. The summed E-state index contributed by atoms with van der Waals surface area (Å²) in [5.74, 6) is 0.207. The Bertz CT molecular complexity index is 949. The largest absolute Gasteiger partial charge is 0.294 e. The maximum absolute atomic E-state index is 12.9. The van der Waals surface area contributed by atoms with Crippen molar-refractivity contribution in [3.8, 4) is 0 Å². The topological polar surface area (TPSA) is 17.1 Å². The van der Waals surface area contributed by atoms with Gasteiger partial charge >= 0.3 is 0 Å². The Hall–Kier alpha value is -2.93. The molecular weight excluding hydrogens is 292 g/mol. The number of Topliss-reactive ketones (excluding diaryl/α,β-unsaturated/α-hetero) is 1. The average Bonchev–Trinajstić information content (AvgIpc) is 2.94. The van der Waals surface area contributed by atoms with Crippen LogP contribution in [0.4, 0.5) is 0 Å². The molecule has 0 spiro atoms. The normalized spacial score (nSPS) is 15.3. The van der Waals surface area contributed by atoms with Gasteiger partial charge < -0.3 is 0 Å². The van der Waals surface area contributed by atoms with Crippen molar-refractivity contribution in [3.05, 3.63) is 107 Å². The van der Waals surface area contributed by atoms with Gasteiger partial charge in [0.2, 0.25) is 0 Å². The van der Waals surface area contributed by atoms with Gasteiger partial charge in [0.1, 0.15) is 0 Å². The molecule has 1 aliphatic carbocycles. The molecule has 0 atom stereocenters. The standard InChI is InChI=1S/C23H18O/c1-16-9-5-7-13-19(16)22(17-10-3-2-4-11-17)23-20-14-8-6-12-18(20)15-21(23)24/h2-14H,15H2,1H3/b23-22-. The van der Waals surface area contributed by atoms with Crippen LogP contribution in [0, 0.1) is 6.92 Å². The van der Waals surface area contributed by atoms with E-state index in [0.717, 1.165) is 33.4 Å². The Kier molecular flexibility index (Phi) is 3.62. The Morgan fingerprint density at radius 1 is 0.792 bits per heavy atom. The minimum atomic E-state index is 0.207. The van der Waals surface area contributed by atoms with Crippen LogP contribution in [0.25, 0.3) is 11.1 Å². The number of allylic oxidation sites excluding steroid dienone is 1. The monoisotopic (exact) mass is 310 g/mol. The summed E-state index contributed by atoms with van der Waals surface area (Å²) in [7, 11) is 0. The van der Waals surface area contributed by atoms with Crippen molar-refractivity contribution in [1.82, 2.24) is 0 Å². The van der Waals surface area contributed by atoms with Crippen LogP contribution in [-0.4, -0.2) is 5.78 Å². The molecule has 0 saturated heterocycles. The lowest BCUT2D eigenvalue weighted by Crippen LogP contribution is -2.01. The summed E-state index contributed by atoms with van der Waals surface area (Å²) >= 11 is 0. The lowest BCUT2D eigenvalue weighted by Gasteiger charge is -2.15. The van der Waals surface area contributed by atoms with Crippen LogP contribution in [0.5, 0.6) is 0 Å². The fraction of sp³-hybridized carbons (Fsp3) is 0.0870. The number of benzene rings is 3. The number of aryl methyl sites for hydroxylation is 1. The van der Waals surface area contributed by atoms with Crippen molar-refractivity contribution in [2.45, 2.75) is 13.3 Å². The number of rotatable bonds is 2. The smallest absolute Gasteiger partial charge is 0.168 e. The minimum Gasteiger partial charge on any atom is -0.294 e. The first-order chi connectivity index (χ1) is 11.8. The fourth-order valence-electron chi connectivity index (χ4n) is 3.50. The summed E-state index contributed by atoms with van der Waals surface area (Å²) in [4.78, 5) is 12.9. The molecule has 0 aromatic heterocycles. The van der Waals surface area contributed by atoms with Crippen LogP contribution in [0.1, 0.15) is 27.8 Å². The predicted molar refractivity (Wildman–Crippen MR) is 98.7 cm³/mol. The molecule has 0 heterocycles. The van der Waals surface area contributed by atoms with Gasteiger partial charge in [-0.2, -0.15) is 0 Å². The first-order valence-electron chi connectivity index (χ1n) is 8.23. The second-order valence-corrected chi connectivity index (χ2v) is 6.19. The van der Waals surface area contributed by atoms with Gasteiger partial charge in [-0.05, 0) is 34.7 Å². The quantitative estimate of drug-likeness (QED) is 0.603. The van der Waals surface area contributed by atoms with E-state index < -0.39 is 0 Å². The predicted octanol–water partition coefficient (Wildman–Crippen LogP) is 5.08. The van der Waals surface area contributed by atoms with Gasteiger partial charge in [0.25, 0.3) is 0 Å². The third-order valence-corrected chi connectivity index (χ3v) is 4.64. The van der Waals surface area contributed by atoms with E-state index in [1.54, 1.807) is 0 Å². The van der Waals surface area contributed by atoms with Crippen molar-refractivity contribution < 1.29 is 4.79 Å². The van der Waals surface area contributed by atoms with E-state index in [2.05, 4.69) is 43.3 Å². The molecule has 24 heavy (non-hydrogen) atoms. The van der Waals surface area contributed by atoms with Crippen molar-refractivity contribution in [3.63, 3.8) is 0 Å². The molecule has 0 unspecified atom stereocenters. The minimum absolute atomic E-state index is 0.207. The van der Waals surface area contributed by atoms with Crippen LogP contribution in [-0.2, 0) is 11.2 Å². The van der Waals surface area contributed by atoms with Gasteiger partial charge in [-0.15, -0.1) is 0 Å². The third kappa shape index (κ3) is 2.39. The number of fused-ring (bicyclic) bond motifs is 1. The maximum Gasteiger partial charge on any atom is 0.168 e. The molecule has 0 aliphatic heterocycles. The summed E-state index contributed by atoms with van der Waals surface area (Å²) in [5, 5.41) is 0.